The van der Waals surface area contributed by atoms with E-state index in [9.17, 15) is 22.8 Å². The van der Waals surface area contributed by atoms with Gasteiger partial charge >= 0.3 is 16.3 Å². The lowest BCUT2D eigenvalue weighted by molar-refractivity contribution is -0.139. The smallest absolute Gasteiger partial charge is 0.362 e. The average molecular weight is 444 g/mol. The number of rotatable bonds is 7. The number of amides is 3. The molecule has 1 aliphatic rings. The minimum absolute atomic E-state index is 0.161. The van der Waals surface area contributed by atoms with Gasteiger partial charge in [-0.05, 0) is 11.6 Å². The van der Waals surface area contributed by atoms with Crippen molar-refractivity contribution in [2.45, 2.75) is 6.04 Å². The molecular weight excluding hydrogens is 433 g/mol. The molecule has 1 unspecified atom stereocenters. The van der Waals surface area contributed by atoms with Crippen LogP contribution in [0.5, 0.6) is 0 Å². The Morgan fingerprint density at radius 2 is 2.19 bits per heavy atom. The van der Waals surface area contributed by atoms with Gasteiger partial charge in [0.2, 0.25) is 11.1 Å². The summed E-state index contributed by atoms with van der Waals surface area (Å²) in [4.78, 5) is 43.5. The van der Waals surface area contributed by atoms with Gasteiger partial charge in [0.25, 0.3) is 11.8 Å². The number of carbonyl (C=O) groups excluding carboxylic acids is 3. The molecule has 1 aromatic heterocycles. The number of nitrogens with one attached hydrogen (secondary N) is 2. The van der Waals surface area contributed by atoms with E-state index in [1.807, 2.05) is 0 Å². The van der Waals surface area contributed by atoms with E-state index in [4.69, 9.17) is 32.2 Å². The third-order valence-corrected chi connectivity index (χ3v) is 4.44. The lowest BCUT2D eigenvalue weighted by Gasteiger charge is -2.35. The minimum Gasteiger partial charge on any atom is -0.411 e. The van der Waals surface area contributed by atoms with Crippen LogP contribution in [0.15, 0.2) is 9.57 Å². The first-order chi connectivity index (χ1) is 12.6. The fraction of sp³-hybridized carbons (Fsp3) is 0.364. The molecule has 0 spiro atoms. The van der Waals surface area contributed by atoms with Crippen molar-refractivity contribution < 1.29 is 36.6 Å². The molecular formula is C11H11Cl2N5O8S. The van der Waals surface area contributed by atoms with E-state index in [-0.39, 0.29) is 21.9 Å². The van der Waals surface area contributed by atoms with Crippen molar-refractivity contribution in [3.05, 3.63) is 10.9 Å². The van der Waals surface area contributed by atoms with Crippen molar-refractivity contribution in [3.63, 3.8) is 0 Å². The van der Waals surface area contributed by atoms with Crippen LogP contribution in [0.25, 0.3) is 0 Å². The largest absolute Gasteiger partial charge is 0.411 e. The van der Waals surface area contributed by atoms with Crippen LogP contribution in [0.3, 0.4) is 0 Å². The van der Waals surface area contributed by atoms with Crippen LogP contribution < -0.4 is 10.6 Å². The summed E-state index contributed by atoms with van der Waals surface area (Å²) >= 11 is 11.2. The van der Waals surface area contributed by atoms with Gasteiger partial charge in [-0.1, -0.05) is 5.16 Å². The Morgan fingerprint density at radius 1 is 1.52 bits per heavy atom. The SMILES string of the molecule is CON=C(C(=O)NC1CN(S(=O)(=O)O)C1=O)c1nc(NC(=O)CCl)oc1Cl. The van der Waals surface area contributed by atoms with Crippen LogP contribution >= 0.6 is 23.2 Å². The molecule has 3 N–H and O–H groups in total. The van der Waals surface area contributed by atoms with E-state index in [1.165, 1.54) is 0 Å². The minimum atomic E-state index is -4.71. The Morgan fingerprint density at radius 3 is 2.70 bits per heavy atom. The monoisotopic (exact) mass is 443 g/mol. The van der Waals surface area contributed by atoms with Gasteiger partial charge < -0.3 is 14.6 Å². The zero-order chi connectivity index (χ0) is 20.4. The first-order valence-electron chi connectivity index (χ1n) is 6.82. The van der Waals surface area contributed by atoms with Crippen LogP contribution in [-0.4, -0.2) is 71.3 Å². The molecule has 1 saturated heterocycles. The summed E-state index contributed by atoms with van der Waals surface area (Å²) < 4.78 is 35.7. The van der Waals surface area contributed by atoms with Gasteiger partial charge in [0.15, 0.2) is 11.4 Å². The highest BCUT2D eigenvalue weighted by Gasteiger charge is 2.45. The van der Waals surface area contributed by atoms with Crippen molar-refractivity contribution in [3.8, 4) is 0 Å². The summed E-state index contributed by atoms with van der Waals surface area (Å²) in [5.41, 5.74) is -0.838. The molecule has 0 bridgehead atoms. The highest BCUT2D eigenvalue weighted by molar-refractivity contribution is 7.84. The fourth-order valence-electron chi connectivity index (χ4n) is 1.87. The maximum absolute atomic E-state index is 12.3. The molecule has 1 aromatic rings. The molecule has 3 amide bonds. The number of carbonyl (C=O) groups is 3. The summed E-state index contributed by atoms with van der Waals surface area (Å²) in [5.74, 6) is -3.09. The molecule has 1 fully saturated rings. The Bertz CT molecular complexity index is 914. The molecule has 2 rings (SSSR count). The first-order valence-corrected chi connectivity index (χ1v) is 9.13. The van der Waals surface area contributed by atoms with Crippen molar-refractivity contribution in [2.75, 3.05) is 24.9 Å². The zero-order valence-corrected chi connectivity index (χ0v) is 15.6. The van der Waals surface area contributed by atoms with Crippen LogP contribution in [0, 0.1) is 0 Å². The molecule has 0 radical (unpaired) electrons. The van der Waals surface area contributed by atoms with E-state index >= 15 is 0 Å². The topological polar surface area (TPSA) is 180 Å². The fourth-order valence-corrected chi connectivity index (χ4v) is 2.84. The lowest BCUT2D eigenvalue weighted by atomic mass is 10.1. The predicted molar refractivity (Wildman–Crippen MR) is 89.6 cm³/mol. The molecule has 148 valence electrons. The molecule has 0 aromatic carbocycles. The normalized spacial score (nSPS) is 17.3. The van der Waals surface area contributed by atoms with Crippen molar-refractivity contribution in [1.82, 2.24) is 14.6 Å². The summed E-state index contributed by atoms with van der Waals surface area (Å²) in [6.45, 7) is -0.479. The number of anilines is 1. The van der Waals surface area contributed by atoms with Crippen molar-refractivity contribution >= 4 is 63.0 Å². The van der Waals surface area contributed by atoms with Gasteiger partial charge in [0.1, 0.15) is 19.0 Å². The van der Waals surface area contributed by atoms with E-state index in [1.54, 1.807) is 0 Å². The zero-order valence-electron chi connectivity index (χ0n) is 13.3. The molecule has 1 aliphatic heterocycles. The first kappa shape index (κ1) is 20.9. The van der Waals surface area contributed by atoms with Gasteiger partial charge in [0.05, 0.1) is 6.54 Å². The molecule has 13 nitrogen and oxygen atoms in total. The Kier molecular flexibility index (Phi) is 6.25. The van der Waals surface area contributed by atoms with Gasteiger partial charge in [-0.15, -0.1) is 11.6 Å². The lowest BCUT2D eigenvalue weighted by Crippen LogP contribution is -2.65. The van der Waals surface area contributed by atoms with Crippen molar-refractivity contribution in [1.29, 1.82) is 0 Å². The maximum Gasteiger partial charge on any atom is 0.362 e. The number of β-lactam (4-membered cyclic amide) rings is 1. The summed E-state index contributed by atoms with van der Waals surface area (Å²) in [7, 11) is -3.59. The van der Waals surface area contributed by atoms with Crippen LogP contribution in [-0.2, 0) is 29.5 Å². The summed E-state index contributed by atoms with van der Waals surface area (Å²) in [6, 6.07) is -1.60. The van der Waals surface area contributed by atoms with Gasteiger partial charge in [-0.2, -0.15) is 13.4 Å². The number of halogens is 2. The molecule has 2 heterocycles. The Balaban J connectivity index is 2.17. The van der Waals surface area contributed by atoms with E-state index in [2.05, 4.69) is 25.6 Å². The van der Waals surface area contributed by atoms with E-state index in [0.717, 1.165) is 7.11 Å². The number of nitrogens with zero attached hydrogens (tertiary/aromatic N) is 3. The quantitative estimate of drug-likeness (QED) is 0.156. The summed E-state index contributed by atoms with van der Waals surface area (Å²) in [6.07, 6.45) is 0. The van der Waals surface area contributed by atoms with Gasteiger partial charge in [-0.3, -0.25) is 24.3 Å². The molecule has 0 aliphatic carbocycles. The van der Waals surface area contributed by atoms with Gasteiger partial charge in [-0.25, -0.2) is 4.31 Å². The molecule has 0 saturated carbocycles. The summed E-state index contributed by atoms with van der Waals surface area (Å²) in [5, 5.41) is 7.35. The third-order valence-electron chi connectivity index (χ3n) is 3.05. The number of hydrogen-bond donors (Lipinski definition) is 3. The average Bonchev–Trinajstić information content (AvgIpc) is 2.93. The van der Waals surface area contributed by atoms with Crippen LogP contribution in [0.4, 0.5) is 6.01 Å². The highest BCUT2D eigenvalue weighted by Crippen LogP contribution is 2.22. The Labute approximate surface area is 161 Å². The number of hydrogen-bond acceptors (Lipinski definition) is 9. The maximum atomic E-state index is 12.3. The number of oxime groups is 1. The van der Waals surface area contributed by atoms with Crippen LogP contribution in [0.1, 0.15) is 5.69 Å². The standard InChI is InChI=1S/C11H11Cl2N5O8S/c1-25-17-7(6-8(13)26-11(16-6)15-5(19)2-12)9(20)14-4-3-18(10(4)21)27(22,23)24/h4H,2-3H2,1H3,(H,14,20)(H,15,16,19)(H,22,23,24). The number of alkyl halides is 1. The second-order valence-electron chi connectivity index (χ2n) is 4.82. The van der Waals surface area contributed by atoms with Crippen molar-refractivity contribution in [2.24, 2.45) is 5.16 Å². The van der Waals surface area contributed by atoms with Crippen LogP contribution in [0.2, 0.25) is 5.22 Å². The Hall–Kier alpha value is -2.42. The van der Waals surface area contributed by atoms with E-state index < -0.39 is 51.5 Å². The molecule has 16 heteroatoms. The van der Waals surface area contributed by atoms with E-state index in [0.29, 0.717) is 0 Å². The second kappa shape index (κ2) is 8.08. The molecule has 1 atom stereocenters. The number of aromatic nitrogens is 1. The second-order valence-corrected chi connectivity index (χ2v) is 6.77. The highest BCUT2D eigenvalue weighted by atomic mass is 35.5. The third kappa shape index (κ3) is 4.65. The predicted octanol–water partition coefficient (Wildman–Crippen LogP) is -1.01. The number of oxazole rings is 1. The molecule has 27 heavy (non-hydrogen) atoms. The van der Waals surface area contributed by atoms with Gasteiger partial charge in [0, 0.05) is 0 Å².